The van der Waals surface area contributed by atoms with Gasteiger partial charge in [0.15, 0.2) is 0 Å². The first-order valence-corrected chi connectivity index (χ1v) is 6.01. The molecular formula is C13H13N4O2. The number of rotatable bonds is 3. The molecule has 1 radical (unpaired) electrons. The second-order valence-electron chi connectivity index (χ2n) is 4.42. The predicted octanol–water partition coefficient (Wildman–Crippen LogP) is 0.859. The van der Waals surface area contributed by atoms with E-state index >= 15 is 0 Å². The van der Waals surface area contributed by atoms with Crippen LogP contribution in [0.15, 0.2) is 24.4 Å². The molecule has 0 bridgehead atoms. The summed E-state index contributed by atoms with van der Waals surface area (Å²) in [5, 5.41) is 3.21. The van der Waals surface area contributed by atoms with Crippen LogP contribution in [0.3, 0.4) is 0 Å². The van der Waals surface area contributed by atoms with Crippen LogP contribution in [0.5, 0.6) is 5.88 Å². The Morgan fingerprint density at radius 1 is 1.42 bits per heavy atom. The molecule has 1 aliphatic heterocycles. The summed E-state index contributed by atoms with van der Waals surface area (Å²) in [7, 11) is 0. The summed E-state index contributed by atoms with van der Waals surface area (Å²) in [6.45, 7) is 1.95. The van der Waals surface area contributed by atoms with Gasteiger partial charge in [0.2, 0.25) is 5.88 Å². The molecule has 2 aromatic heterocycles. The number of hydrogen-bond acceptors (Lipinski definition) is 5. The zero-order valence-electron chi connectivity index (χ0n) is 10.2. The van der Waals surface area contributed by atoms with E-state index in [2.05, 4.69) is 21.7 Å². The highest BCUT2D eigenvalue weighted by atomic mass is 16.6. The molecule has 1 amide bonds. The maximum atomic E-state index is 10.8. The number of primary amides is 1. The third-order valence-electron chi connectivity index (χ3n) is 3.02. The molecule has 0 aromatic carbocycles. The highest BCUT2D eigenvalue weighted by molar-refractivity contribution is 5.80. The molecule has 97 valence electrons. The monoisotopic (exact) mass is 257 g/mol. The lowest BCUT2D eigenvalue weighted by Crippen LogP contribution is -2.42. The van der Waals surface area contributed by atoms with Gasteiger partial charge in [-0.2, -0.15) is 0 Å². The van der Waals surface area contributed by atoms with Gasteiger partial charge in [0.05, 0.1) is 11.0 Å². The molecule has 0 saturated carbocycles. The Morgan fingerprint density at radius 2 is 2.26 bits per heavy atom. The summed E-state index contributed by atoms with van der Waals surface area (Å²) in [5.74, 6) is 0.697. The topological polar surface area (TPSA) is 90.1 Å². The van der Waals surface area contributed by atoms with Gasteiger partial charge in [-0.3, -0.25) is 4.98 Å². The van der Waals surface area contributed by atoms with Gasteiger partial charge in [-0.05, 0) is 43.1 Å². The van der Waals surface area contributed by atoms with Gasteiger partial charge in [0.25, 0.3) is 0 Å². The molecule has 19 heavy (non-hydrogen) atoms. The lowest BCUT2D eigenvalue weighted by molar-refractivity contribution is 0.209. The van der Waals surface area contributed by atoms with Gasteiger partial charge >= 0.3 is 6.09 Å². The average molecular weight is 257 g/mol. The van der Waals surface area contributed by atoms with Crippen molar-refractivity contribution in [2.45, 2.75) is 0 Å². The molecule has 3 rings (SSSR count). The van der Waals surface area contributed by atoms with Crippen LogP contribution in [0.4, 0.5) is 4.79 Å². The second-order valence-corrected chi connectivity index (χ2v) is 4.42. The summed E-state index contributed by atoms with van der Waals surface area (Å²) in [5.41, 5.74) is 7.45. The molecule has 1 aliphatic rings. The largest absolute Gasteiger partial charge is 0.411 e. The number of carbonyl (C=O) groups is 1. The van der Waals surface area contributed by atoms with E-state index in [1.807, 2.05) is 6.07 Å². The van der Waals surface area contributed by atoms with E-state index in [-0.39, 0.29) is 5.88 Å². The Kier molecular flexibility index (Phi) is 3.00. The van der Waals surface area contributed by atoms with Gasteiger partial charge in [0, 0.05) is 12.3 Å². The lowest BCUT2D eigenvalue weighted by atomic mass is 9.94. The van der Waals surface area contributed by atoms with E-state index in [1.54, 1.807) is 18.3 Å². The van der Waals surface area contributed by atoms with Gasteiger partial charge in [0.1, 0.15) is 0 Å². The third-order valence-corrected chi connectivity index (χ3v) is 3.02. The Morgan fingerprint density at radius 3 is 2.95 bits per heavy atom. The number of carbonyl (C=O) groups excluding carboxylic acids is 1. The molecule has 1 fully saturated rings. The molecule has 1 saturated heterocycles. The van der Waals surface area contributed by atoms with Gasteiger partial charge in [-0.15, -0.1) is 0 Å². The second kappa shape index (κ2) is 4.81. The van der Waals surface area contributed by atoms with E-state index in [1.165, 1.54) is 0 Å². The van der Waals surface area contributed by atoms with Crippen LogP contribution in [0.1, 0.15) is 5.56 Å². The Balaban J connectivity index is 1.97. The average Bonchev–Trinajstić information content (AvgIpc) is 2.33. The van der Waals surface area contributed by atoms with Crippen LogP contribution in [-0.4, -0.2) is 29.2 Å². The smallest absolute Gasteiger partial charge is 0.391 e. The summed E-state index contributed by atoms with van der Waals surface area (Å²) in [6.07, 6.45) is 3.03. The number of nitrogens with zero attached hydrogens (tertiary/aromatic N) is 2. The standard InChI is InChI=1S/C13H13N4O2/c14-13(18)19-11-2-1-10-12(17-11)9(3-4-16-10)5-8-6-15-7-8/h1-5,8,15H,6-7H2,(H2,14,18). The minimum atomic E-state index is -0.871. The van der Waals surface area contributed by atoms with Crippen molar-refractivity contribution in [3.8, 4) is 5.88 Å². The number of nitrogens with one attached hydrogen (secondary N) is 1. The van der Waals surface area contributed by atoms with Crippen molar-refractivity contribution in [3.05, 3.63) is 36.4 Å². The highest BCUT2D eigenvalue weighted by Gasteiger charge is 2.19. The fraction of sp³-hybridized carbons (Fsp3) is 0.231. The number of pyridine rings is 2. The zero-order chi connectivity index (χ0) is 13.2. The van der Waals surface area contributed by atoms with Crippen molar-refractivity contribution in [1.82, 2.24) is 15.3 Å². The maximum absolute atomic E-state index is 10.8. The third kappa shape index (κ3) is 2.48. The summed E-state index contributed by atoms with van der Waals surface area (Å²) >= 11 is 0. The fourth-order valence-electron chi connectivity index (χ4n) is 2.00. The van der Waals surface area contributed by atoms with Gasteiger partial charge in [-0.25, -0.2) is 9.78 Å². The molecule has 2 aromatic rings. The van der Waals surface area contributed by atoms with Crippen LogP contribution >= 0.6 is 0 Å². The number of nitrogens with two attached hydrogens (primary N) is 1. The summed E-state index contributed by atoms with van der Waals surface area (Å²) in [4.78, 5) is 19.3. The number of aromatic nitrogens is 2. The molecule has 3 heterocycles. The molecule has 0 spiro atoms. The Bertz CT molecular complexity index is 625. The quantitative estimate of drug-likeness (QED) is 0.851. The van der Waals surface area contributed by atoms with Gasteiger partial charge in [-0.1, -0.05) is 0 Å². The van der Waals surface area contributed by atoms with E-state index in [0.717, 1.165) is 24.2 Å². The summed E-state index contributed by atoms with van der Waals surface area (Å²) < 4.78 is 4.80. The van der Waals surface area contributed by atoms with Crippen molar-refractivity contribution in [3.63, 3.8) is 0 Å². The number of fused-ring (bicyclic) bond motifs is 1. The number of hydrogen-bond donors (Lipinski definition) is 2. The van der Waals surface area contributed by atoms with E-state index < -0.39 is 6.09 Å². The van der Waals surface area contributed by atoms with Crippen molar-refractivity contribution in [1.29, 1.82) is 0 Å². The Labute approximate surface area is 110 Å². The lowest BCUT2D eigenvalue weighted by Gasteiger charge is -2.26. The van der Waals surface area contributed by atoms with E-state index in [4.69, 9.17) is 10.5 Å². The predicted molar refractivity (Wildman–Crippen MR) is 69.5 cm³/mol. The molecule has 0 unspecified atom stereocenters. The molecular weight excluding hydrogens is 244 g/mol. The molecule has 6 nitrogen and oxygen atoms in total. The SMILES string of the molecule is NC(=O)Oc1ccc2nccc([CH]C3CNC3)c2n1. The first kappa shape index (κ1) is 11.9. The zero-order valence-corrected chi connectivity index (χ0v) is 10.2. The van der Waals surface area contributed by atoms with Crippen molar-refractivity contribution in [2.75, 3.05) is 13.1 Å². The first-order valence-electron chi connectivity index (χ1n) is 6.01. The number of ether oxygens (including phenoxy) is 1. The van der Waals surface area contributed by atoms with Crippen LogP contribution in [0.25, 0.3) is 11.0 Å². The highest BCUT2D eigenvalue weighted by Crippen LogP contribution is 2.23. The van der Waals surface area contributed by atoms with Crippen LogP contribution in [0, 0.1) is 12.3 Å². The number of amides is 1. The minimum Gasteiger partial charge on any atom is -0.391 e. The van der Waals surface area contributed by atoms with Gasteiger partial charge < -0.3 is 15.8 Å². The normalized spacial score (nSPS) is 15.2. The van der Waals surface area contributed by atoms with E-state index in [0.29, 0.717) is 11.4 Å². The Hall–Kier alpha value is -2.21. The minimum absolute atomic E-state index is 0.189. The molecule has 3 N–H and O–H groups in total. The van der Waals surface area contributed by atoms with Crippen LogP contribution in [0.2, 0.25) is 0 Å². The van der Waals surface area contributed by atoms with Crippen molar-refractivity contribution < 1.29 is 9.53 Å². The molecule has 0 aliphatic carbocycles. The first-order chi connectivity index (χ1) is 9.22. The fourth-order valence-corrected chi connectivity index (χ4v) is 2.00. The van der Waals surface area contributed by atoms with E-state index in [9.17, 15) is 4.79 Å². The van der Waals surface area contributed by atoms with Crippen LogP contribution < -0.4 is 15.8 Å². The van der Waals surface area contributed by atoms with Crippen LogP contribution in [-0.2, 0) is 0 Å². The summed E-state index contributed by atoms with van der Waals surface area (Å²) in [6, 6.07) is 5.24. The van der Waals surface area contributed by atoms with Crippen molar-refractivity contribution in [2.24, 2.45) is 11.7 Å². The van der Waals surface area contributed by atoms with Crippen molar-refractivity contribution >= 4 is 17.1 Å². The molecule has 6 heteroatoms. The molecule has 0 atom stereocenters. The maximum Gasteiger partial charge on any atom is 0.411 e.